The first-order chi connectivity index (χ1) is 9.64. The summed E-state index contributed by atoms with van der Waals surface area (Å²) in [6.07, 6.45) is 0.271. The van der Waals surface area contributed by atoms with Gasteiger partial charge in [-0.2, -0.15) is 0 Å². The second-order valence-electron chi connectivity index (χ2n) is 6.47. The Hall–Kier alpha value is -1.36. The third-order valence-corrected chi connectivity index (χ3v) is 4.20. The summed E-state index contributed by atoms with van der Waals surface area (Å²) in [5.41, 5.74) is -0.182. The van der Waals surface area contributed by atoms with E-state index in [2.05, 4.69) is 15.9 Å². The summed E-state index contributed by atoms with van der Waals surface area (Å²) in [4.78, 5) is 25.5. The second kappa shape index (κ2) is 5.44. The highest BCUT2D eigenvalue weighted by Gasteiger charge is 2.50. The highest BCUT2D eigenvalue weighted by molar-refractivity contribution is 9.10. The van der Waals surface area contributed by atoms with E-state index in [9.17, 15) is 9.59 Å². The van der Waals surface area contributed by atoms with E-state index < -0.39 is 17.2 Å². The summed E-state index contributed by atoms with van der Waals surface area (Å²) in [5, 5.41) is 0. The number of benzene rings is 1. The molecule has 1 saturated carbocycles. The topological polar surface area (TPSA) is 46.6 Å². The molecule has 0 spiro atoms. The predicted molar refractivity (Wildman–Crippen MR) is 84.1 cm³/mol. The van der Waals surface area contributed by atoms with Crippen molar-refractivity contribution in [3.63, 3.8) is 0 Å². The van der Waals surface area contributed by atoms with Crippen LogP contribution in [0.3, 0.4) is 0 Å². The molecule has 1 aromatic rings. The molecule has 21 heavy (non-hydrogen) atoms. The van der Waals surface area contributed by atoms with Crippen molar-refractivity contribution >= 4 is 27.8 Å². The fourth-order valence-corrected chi connectivity index (χ4v) is 2.77. The van der Waals surface area contributed by atoms with E-state index in [-0.39, 0.29) is 5.78 Å². The number of ketones is 1. The minimum atomic E-state index is -0.583. The lowest BCUT2D eigenvalue weighted by molar-refractivity contribution is -0.134. The van der Waals surface area contributed by atoms with E-state index in [1.807, 2.05) is 45.0 Å². The Morgan fingerprint density at radius 3 is 2.19 bits per heavy atom. The Morgan fingerprint density at radius 1 is 1.24 bits per heavy atom. The molecule has 0 aromatic heterocycles. The van der Waals surface area contributed by atoms with Gasteiger partial charge in [0.05, 0.1) is 5.54 Å². The van der Waals surface area contributed by atoms with Crippen LogP contribution in [0.4, 0.5) is 4.79 Å². The van der Waals surface area contributed by atoms with Gasteiger partial charge in [0.1, 0.15) is 11.4 Å². The van der Waals surface area contributed by atoms with Crippen LogP contribution in [0.25, 0.3) is 0 Å². The van der Waals surface area contributed by atoms with Gasteiger partial charge in [0.2, 0.25) is 0 Å². The van der Waals surface area contributed by atoms with Gasteiger partial charge in [-0.1, -0.05) is 28.1 Å². The zero-order chi connectivity index (χ0) is 15.8. The lowest BCUT2D eigenvalue weighted by Gasteiger charge is -2.47. The second-order valence-corrected chi connectivity index (χ2v) is 7.39. The van der Waals surface area contributed by atoms with Crippen LogP contribution in [-0.2, 0) is 15.1 Å². The van der Waals surface area contributed by atoms with Gasteiger partial charge in [0.15, 0.2) is 0 Å². The average Bonchev–Trinajstić information content (AvgIpc) is 2.33. The number of hydrogen-bond donors (Lipinski definition) is 0. The van der Waals surface area contributed by atoms with E-state index in [0.29, 0.717) is 12.8 Å². The van der Waals surface area contributed by atoms with Crippen molar-refractivity contribution in [2.24, 2.45) is 0 Å². The number of rotatable bonds is 2. The van der Waals surface area contributed by atoms with Gasteiger partial charge < -0.3 is 9.64 Å². The van der Waals surface area contributed by atoms with E-state index in [1.54, 1.807) is 11.9 Å². The van der Waals surface area contributed by atoms with Crippen LogP contribution in [0.15, 0.2) is 28.7 Å². The molecule has 1 amide bonds. The molecule has 1 fully saturated rings. The Kier molecular flexibility index (Phi) is 4.15. The van der Waals surface area contributed by atoms with Crippen LogP contribution < -0.4 is 0 Å². The highest BCUT2D eigenvalue weighted by atomic mass is 79.9. The summed E-state index contributed by atoms with van der Waals surface area (Å²) >= 11 is 3.40. The van der Waals surface area contributed by atoms with E-state index in [1.165, 1.54) is 0 Å². The third kappa shape index (κ3) is 3.28. The first kappa shape index (κ1) is 16.0. The number of ether oxygens (including phenoxy) is 1. The summed E-state index contributed by atoms with van der Waals surface area (Å²) in [6, 6.07) is 7.72. The molecule has 0 atom stereocenters. The molecule has 0 heterocycles. The van der Waals surface area contributed by atoms with Crippen molar-refractivity contribution < 1.29 is 14.3 Å². The maximum absolute atomic E-state index is 12.3. The van der Waals surface area contributed by atoms with E-state index in [0.717, 1.165) is 10.0 Å². The maximum atomic E-state index is 12.3. The standard InChI is InChI=1S/C16H20BrNO3/c1-15(2,3)21-14(20)18(4)16(9-13(19)10-16)11-5-7-12(17)8-6-11/h5-8H,9-10H2,1-4H3. The van der Waals surface area contributed by atoms with Gasteiger partial charge in [-0.15, -0.1) is 0 Å². The number of nitrogens with zero attached hydrogens (tertiary/aromatic N) is 1. The number of amides is 1. The van der Waals surface area contributed by atoms with Gasteiger partial charge in [-0.3, -0.25) is 4.79 Å². The molecule has 0 radical (unpaired) electrons. The van der Waals surface area contributed by atoms with Gasteiger partial charge in [0.25, 0.3) is 0 Å². The van der Waals surface area contributed by atoms with E-state index in [4.69, 9.17) is 4.74 Å². The molecule has 114 valence electrons. The van der Waals surface area contributed by atoms with Crippen LogP contribution in [-0.4, -0.2) is 29.4 Å². The van der Waals surface area contributed by atoms with Crippen LogP contribution in [0.2, 0.25) is 0 Å². The molecule has 1 aliphatic carbocycles. The van der Waals surface area contributed by atoms with Crippen LogP contribution in [0.5, 0.6) is 0 Å². The van der Waals surface area contributed by atoms with Crippen molar-refractivity contribution in [3.05, 3.63) is 34.3 Å². The van der Waals surface area contributed by atoms with Crippen molar-refractivity contribution in [2.75, 3.05) is 7.05 Å². The Labute approximate surface area is 133 Å². The molecule has 5 heteroatoms. The number of carbonyl (C=O) groups is 2. The molecule has 0 saturated heterocycles. The average molecular weight is 354 g/mol. The summed E-state index contributed by atoms with van der Waals surface area (Å²) in [7, 11) is 1.70. The van der Waals surface area contributed by atoms with Crippen LogP contribution >= 0.6 is 15.9 Å². The lowest BCUT2D eigenvalue weighted by atomic mass is 9.70. The Morgan fingerprint density at radius 2 is 1.76 bits per heavy atom. The third-order valence-electron chi connectivity index (χ3n) is 3.67. The number of carbonyl (C=O) groups excluding carboxylic acids is 2. The molecule has 1 aromatic carbocycles. The fourth-order valence-electron chi connectivity index (χ4n) is 2.50. The SMILES string of the molecule is CN(C(=O)OC(C)(C)C)C1(c2ccc(Br)cc2)CC(=O)C1. The van der Waals surface area contributed by atoms with Gasteiger partial charge in [-0.25, -0.2) is 4.79 Å². The first-order valence-corrected chi connectivity index (χ1v) is 7.68. The highest BCUT2D eigenvalue weighted by Crippen LogP contribution is 2.44. The predicted octanol–water partition coefficient (Wildman–Crippen LogP) is 3.87. The summed E-state index contributed by atoms with van der Waals surface area (Å²) in [5.74, 6) is 0.160. The van der Waals surface area contributed by atoms with Gasteiger partial charge >= 0.3 is 6.09 Å². The summed E-state index contributed by atoms with van der Waals surface area (Å²) in [6.45, 7) is 5.49. The number of halogens is 1. The van der Waals surface area contributed by atoms with Crippen molar-refractivity contribution in [1.82, 2.24) is 4.90 Å². The zero-order valence-electron chi connectivity index (χ0n) is 12.8. The largest absolute Gasteiger partial charge is 0.444 e. The normalized spacial score (nSPS) is 17.1. The monoisotopic (exact) mass is 353 g/mol. The molecule has 0 bridgehead atoms. The summed E-state index contributed by atoms with van der Waals surface area (Å²) < 4.78 is 6.39. The van der Waals surface area contributed by atoms with Gasteiger partial charge in [0, 0.05) is 24.4 Å². The lowest BCUT2D eigenvalue weighted by Crippen LogP contribution is -2.56. The maximum Gasteiger partial charge on any atom is 0.410 e. The molecule has 4 nitrogen and oxygen atoms in total. The fraction of sp³-hybridized carbons (Fsp3) is 0.500. The molecular formula is C16H20BrNO3. The number of hydrogen-bond acceptors (Lipinski definition) is 3. The molecule has 0 aliphatic heterocycles. The molecular weight excluding hydrogens is 334 g/mol. The molecule has 2 rings (SSSR count). The van der Waals surface area contributed by atoms with E-state index >= 15 is 0 Å². The Bertz CT molecular complexity index is 552. The Balaban J connectivity index is 2.28. The van der Waals surface area contributed by atoms with Crippen LogP contribution in [0, 0.1) is 0 Å². The van der Waals surface area contributed by atoms with Gasteiger partial charge in [-0.05, 0) is 38.5 Å². The first-order valence-electron chi connectivity index (χ1n) is 6.89. The number of Topliss-reactive ketones (excluding diaryl/α,β-unsaturated/α-hetero) is 1. The molecule has 0 unspecified atom stereocenters. The minimum Gasteiger partial charge on any atom is -0.444 e. The van der Waals surface area contributed by atoms with Crippen molar-refractivity contribution in [3.8, 4) is 0 Å². The van der Waals surface area contributed by atoms with Crippen LogP contribution in [0.1, 0.15) is 39.2 Å². The minimum absolute atomic E-state index is 0.160. The smallest absolute Gasteiger partial charge is 0.410 e. The van der Waals surface area contributed by atoms with Crippen molar-refractivity contribution in [1.29, 1.82) is 0 Å². The zero-order valence-corrected chi connectivity index (χ0v) is 14.4. The molecule has 1 aliphatic rings. The molecule has 0 N–H and O–H groups in total. The van der Waals surface area contributed by atoms with Crippen molar-refractivity contribution in [2.45, 2.75) is 44.8 Å². The quantitative estimate of drug-likeness (QED) is 0.810.